The highest BCUT2D eigenvalue weighted by Gasteiger charge is 2.35. The third-order valence-corrected chi connectivity index (χ3v) is 3.91. The summed E-state index contributed by atoms with van der Waals surface area (Å²) in [7, 11) is 0. The van der Waals surface area contributed by atoms with Crippen LogP contribution in [0.2, 0.25) is 5.02 Å². The number of morpholine rings is 1. The van der Waals surface area contributed by atoms with Crippen LogP contribution < -0.4 is 0 Å². The molecule has 7 heteroatoms. The van der Waals surface area contributed by atoms with Crippen LogP contribution >= 0.6 is 11.6 Å². The van der Waals surface area contributed by atoms with Crippen LogP contribution in [0, 0.1) is 5.82 Å². The maximum absolute atomic E-state index is 13.9. The summed E-state index contributed by atoms with van der Waals surface area (Å²) in [6.07, 6.45) is -1.48. The first-order chi connectivity index (χ1) is 11.2. The van der Waals surface area contributed by atoms with Gasteiger partial charge in [0, 0.05) is 18.0 Å². The highest BCUT2D eigenvalue weighted by Crippen LogP contribution is 2.21. The van der Waals surface area contributed by atoms with Crippen LogP contribution in [-0.4, -0.2) is 53.6 Å². The van der Waals surface area contributed by atoms with E-state index in [2.05, 4.69) is 0 Å². The van der Waals surface area contributed by atoms with Gasteiger partial charge < -0.3 is 14.6 Å². The van der Waals surface area contributed by atoms with Crippen molar-refractivity contribution < 1.29 is 23.8 Å². The van der Waals surface area contributed by atoms with E-state index >= 15 is 0 Å². The van der Waals surface area contributed by atoms with Gasteiger partial charge in [0.05, 0.1) is 25.4 Å². The molecule has 0 saturated carbocycles. The number of aliphatic hydroxyl groups excluding tert-OH is 1. The third-order valence-electron chi connectivity index (χ3n) is 3.67. The Kier molecular flexibility index (Phi) is 6.06. The van der Waals surface area contributed by atoms with Crippen molar-refractivity contribution in [2.24, 2.45) is 0 Å². The van der Waals surface area contributed by atoms with Gasteiger partial charge in [0.2, 0.25) is 0 Å². The van der Waals surface area contributed by atoms with Crippen molar-refractivity contribution in [2.75, 3.05) is 19.8 Å². The van der Waals surface area contributed by atoms with Gasteiger partial charge in [-0.25, -0.2) is 9.18 Å². The van der Waals surface area contributed by atoms with Crippen LogP contribution in [0.4, 0.5) is 9.18 Å². The van der Waals surface area contributed by atoms with Gasteiger partial charge in [0.1, 0.15) is 11.4 Å². The number of hydrogen-bond donors (Lipinski definition) is 1. The second-order valence-corrected chi connectivity index (χ2v) is 7.26. The average Bonchev–Trinajstić information content (AvgIpc) is 2.49. The maximum atomic E-state index is 13.9. The molecular weight excluding hydrogens is 337 g/mol. The fourth-order valence-electron chi connectivity index (χ4n) is 2.55. The Labute approximate surface area is 146 Å². The summed E-state index contributed by atoms with van der Waals surface area (Å²) in [5.41, 5.74) is -0.339. The molecule has 1 aromatic rings. The summed E-state index contributed by atoms with van der Waals surface area (Å²) < 4.78 is 24.6. The zero-order chi connectivity index (χ0) is 17.9. The summed E-state index contributed by atoms with van der Waals surface area (Å²) >= 11 is 5.88. The first-order valence-electron chi connectivity index (χ1n) is 7.87. The summed E-state index contributed by atoms with van der Waals surface area (Å²) in [6, 6.07) is 3.57. The molecule has 2 rings (SSSR count). The monoisotopic (exact) mass is 359 g/mol. The molecule has 0 radical (unpaired) electrons. The zero-order valence-electron chi connectivity index (χ0n) is 14.1. The normalized spacial score (nSPS) is 19.9. The predicted molar refractivity (Wildman–Crippen MR) is 88.7 cm³/mol. The van der Waals surface area contributed by atoms with Crippen molar-refractivity contribution in [3.63, 3.8) is 0 Å². The van der Waals surface area contributed by atoms with Crippen molar-refractivity contribution >= 4 is 17.7 Å². The predicted octanol–water partition coefficient (Wildman–Crippen LogP) is 3.02. The van der Waals surface area contributed by atoms with E-state index < -0.39 is 29.7 Å². The third kappa shape index (κ3) is 5.06. The standard InChI is InChI=1S/C17H23ClFNO4/c1-17(2,3)24-16(22)20-6-7-23-10-14(20)15(21)9-11-8-12(18)4-5-13(11)19/h4-5,8,14-15,21H,6-7,9-10H2,1-3H3. The van der Waals surface area contributed by atoms with E-state index in [1.807, 2.05) is 0 Å². The van der Waals surface area contributed by atoms with Crippen LogP contribution in [0.5, 0.6) is 0 Å². The first-order valence-corrected chi connectivity index (χ1v) is 8.24. The first kappa shape index (κ1) is 19.0. The maximum Gasteiger partial charge on any atom is 0.410 e. The van der Waals surface area contributed by atoms with E-state index in [0.29, 0.717) is 23.7 Å². The molecule has 1 amide bonds. The van der Waals surface area contributed by atoms with E-state index in [1.165, 1.54) is 23.1 Å². The minimum Gasteiger partial charge on any atom is -0.444 e. The largest absolute Gasteiger partial charge is 0.444 e. The Bertz CT molecular complexity index is 590. The van der Waals surface area contributed by atoms with Gasteiger partial charge in [0.15, 0.2) is 0 Å². The molecule has 2 atom stereocenters. The summed E-state index contributed by atoms with van der Waals surface area (Å²) in [6.45, 7) is 6.18. The molecule has 0 aromatic heterocycles. The molecule has 1 aromatic carbocycles. The van der Waals surface area contributed by atoms with Crippen molar-refractivity contribution in [1.29, 1.82) is 0 Å². The number of carbonyl (C=O) groups excluding carboxylic acids is 1. The molecule has 1 heterocycles. The smallest absolute Gasteiger partial charge is 0.410 e. The number of aliphatic hydroxyl groups is 1. The minimum atomic E-state index is -0.995. The lowest BCUT2D eigenvalue weighted by molar-refractivity contribution is -0.0661. The lowest BCUT2D eigenvalue weighted by Crippen LogP contribution is -2.55. The SMILES string of the molecule is CC(C)(C)OC(=O)N1CCOCC1C(O)Cc1cc(Cl)ccc1F. The number of amides is 1. The second-order valence-electron chi connectivity index (χ2n) is 6.82. The lowest BCUT2D eigenvalue weighted by atomic mass is 10.0. The fraction of sp³-hybridized carbons (Fsp3) is 0.588. The summed E-state index contributed by atoms with van der Waals surface area (Å²) in [4.78, 5) is 13.8. The quantitative estimate of drug-likeness (QED) is 0.901. The molecule has 1 N–H and O–H groups in total. The highest BCUT2D eigenvalue weighted by atomic mass is 35.5. The molecule has 1 fully saturated rings. The Balaban J connectivity index is 2.11. The Hall–Kier alpha value is -1.37. The minimum absolute atomic E-state index is 0.0275. The molecule has 2 unspecified atom stereocenters. The molecule has 134 valence electrons. The number of ether oxygens (including phenoxy) is 2. The van der Waals surface area contributed by atoms with Gasteiger partial charge in [0.25, 0.3) is 0 Å². The van der Waals surface area contributed by atoms with Gasteiger partial charge in [-0.1, -0.05) is 11.6 Å². The van der Waals surface area contributed by atoms with Crippen molar-refractivity contribution in [2.45, 2.75) is 44.9 Å². The fourth-order valence-corrected chi connectivity index (χ4v) is 2.74. The van der Waals surface area contributed by atoms with E-state index in [4.69, 9.17) is 21.1 Å². The van der Waals surface area contributed by atoms with Crippen LogP contribution in [0.1, 0.15) is 26.3 Å². The van der Waals surface area contributed by atoms with Gasteiger partial charge in [-0.2, -0.15) is 0 Å². The molecule has 24 heavy (non-hydrogen) atoms. The van der Waals surface area contributed by atoms with Gasteiger partial charge in [-0.05, 0) is 44.5 Å². The Morgan fingerprint density at radius 1 is 1.54 bits per heavy atom. The van der Waals surface area contributed by atoms with Crippen molar-refractivity contribution in [1.82, 2.24) is 4.90 Å². The van der Waals surface area contributed by atoms with Gasteiger partial charge in [-0.3, -0.25) is 4.90 Å². The number of rotatable bonds is 3. The highest BCUT2D eigenvalue weighted by molar-refractivity contribution is 6.30. The number of nitrogens with zero attached hydrogens (tertiary/aromatic N) is 1. The molecular formula is C17H23ClFNO4. The van der Waals surface area contributed by atoms with Crippen molar-refractivity contribution in [3.8, 4) is 0 Å². The van der Waals surface area contributed by atoms with Crippen molar-refractivity contribution in [3.05, 3.63) is 34.6 Å². The molecule has 1 aliphatic heterocycles. The number of benzene rings is 1. The Morgan fingerprint density at radius 2 is 2.25 bits per heavy atom. The molecule has 1 saturated heterocycles. The van der Waals surface area contributed by atoms with Crippen LogP contribution in [-0.2, 0) is 15.9 Å². The van der Waals surface area contributed by atoms with Gasteiger partial charge >= 0.3 is 6.09 Å². The van der Waals surface area contributed by atoms with Crippen LogP contribution in [0.15, 0.2) is 18.2 Å². The van der Waals surface area contributed by atoms with E-state index in [1.54, 1.807) is 20.8 Å². The zero-order valence-corrected chi connectivity index (χ0v) is 14.8. The number of hydrogen-bond acceptors (Lipinski definition) is 4. The van der Waals surface area contributed by atoms with Crippen LogP contribution in [0.3, 0.4) is 0 Å². The Morgan fingerprint density at radius 3 is 2.92 bits per heavy atom. The molecule has 5 nitrogen and oxygen atoms in total. The number of carbonyl (C=O) groups is 1. The molecule has 0 aliphatic carbocycles. The topological polar surface area (TPSA) is 59.0 Å². The van der Waals surface area contributed by atoms with E-state index in [0.717, 1.165) is 0 Å². The molecule has 0 spiro atoms. The summed E-state index contributed by atoms with van der Waals surface area (Å²) in [5, 5.41) is 10.9. The van der Waals surface area contributed by atoms with E-state index in [-0.39, 0.29) is 13.0 Å². The second kappa shape index (κ2) is 7.68. The number of halogens is 2. The molecule has 1 aliphatic rings. The van der Waals surface area contributed by atoms with Crippen LogP contribution in [0.25, 0.3) is 0 Å². The van der Waals surface area contributed by atoms with E-state index in [9.17, 15) is 14.3 Å². The summed E-state index contributed by atoms with van der Waals surface area (Å²) in [5.74, 6) is -0.445. The molecule has 0 bridgehead atoms. The average molecular weight is 360 g/mol. The van der Waals surface area contributed by atoms with Gasteiger partial charge in [-0.15, -0.1) is 0 Å². The lowest BCUT2D eigenvalue weighted by Gasteiger charge is -2.38.